The van der Waals surface area contributed by atoms with Crippen molar-refractivity contribution < 1.29 is 0 Å². The lowest BCUT2D eigenvalue weighted by Gasteiger charge is -2.15. The fraction of sp³-hybridized carbons (Fsp3) is 0.467. The van der Waals surface area contributed by atoms with Crippen LogP contribution in [0.5, 0.6) is 0 Å². The molecule has 0 aromatic carbocycles. The number of nitrogen functional groups attached to an aromatic ring is 2. The Kier molecular flexibility index (Phi) is 3.38. The van der Waals surface area contributed by atoms with Crippen molar-refractivity contribution >= 4 is 22.9 Å². The van der Waals surface area contributed by atoms with Crippen LogP contribution in [0.15, 0.2) is 0 Å². The quantitative estimate of drug-likeness (QED) is 0.559. The van der Waals surface area contributed by atoms with Gasteiger partial charge in [-0.05, 0) is 26.8 Å². The summed E-state index contributed by atoms with van der Waals surface area (Å²) in [6.45, 7) is 6.97. The van der Waals surface area contributed by atoms with Gasteiger partial charge in [0, 0.05) is 30.3 Å². The number of nitrogens with two attached hydrogens (primary N) is 2. The second-order valence-electron chi connectivity index (χ2n) is 6.42. The second kappa shape index (κ2) is 5.45. The summed E-state index contributed by atoms with van der Waals surface area (Å²) in [7, 11) is 0. The summed E-state index contributed by atoms with van der Waals surface area (Å²) in [5.41, 5.74) is 16.2. The molecule has 0 spiro atoms. The molecule has 1 unspecified atom stereocenters. The Hall–Kier alpha value is -2.68. The number of aromatic nitrogens is 6. The van der Waals surface area contributed by atoms with Crippen LogP contribution in [0.3, 0.4) is 0 Å². The lowest BCUT2D eigenvalue weighted by molar-refractivity contribution is 0.324. The van der Waals surface area contributed by atoms with Gasteiger partial charge in [0.25, 0.3) is 0 Å². The largest absolute Gasteiger partial charge is 0.382 e. The first kappa shape index (κ1) is 14.9. The Bertz CT molecular complexity index is 874. The second-order valence-corrected chi connectivity index (χ2v) is 6.42. The van der Waals surface area contributed by atoms with E-state index >= 15 is 0 Å². The highest BCUT2D eigenvalue weighted by Crippen LogP contribution is 2.29. The van der Waals surface area contributed by atoms with Crippen LogP contribution < -0.4 is 11.5 Å². The van der Waals surface area contributed by atoms with Crippen LogP contribution in [0.4, 0.5) is 11.8 Å². The first-order chi connectivity index (χ1) is 11.5. The standard InChI is InChI=1S/C15H21N9/c1-7-10(8(2)23-22-7)6-24-4-3-9(5-24)13-18-11-12(16)19-15(17)21-14(11)20-13/h9H,3-6H2,1-2H3,(H,22,23)(H5,16,17,18,19,20,21). The van der Waals surface area contributed by atoms with E-state index < -0.39 is 0 Å². The Morgan fingerprint density at radius 3 is 2.79 bits per heavy atom. The molecule has 1 atom stereocenters. The molecular weight excluding hydrogens is 306 g/mol. The van der Waals surface area contributed by atoms with Crippen molar-refractivity contribution in [3.8, 4) is 0 Å². The predicted molar refractivity (Wildman–Crippen MR) is 91.2 cm³/mol. The summed E-state index contributed by atoms with van der Waals surface area (Å²) < 4.78 is 0. The lowest BCUT2D eigenvalue weighted by atomic mass is 10.1. The van der Waals surface area contributed by atoms with Crippen molar-refractivity contribution in [2.24, 2.45) is 0 Å². The number of rotatable bonds is 3. The number of nitrogens with one attached hydrogen (secondary N) is 2. The molecule has 3 aromatic heterocycles. The average Bonchev–Trinajstić information content (AvgIpc) is 3.22. The van der Waals surface area contributed by atoms with E-state index in [9.17, 15) is 0 Å². The van der Waals surface area contributed by atoms with Crippen LogP contribution in [0.25, 0.3) is 11.2 Å². The highest BCUT2D eigenvalue weighted by atomic mass is 15.2. The third-order valence-electron chi connectivity index (χ3n) is 4.74. The van der Waals surface area contributed by atoms with Crippen molar-refractivity contribution in [3.05, 3.63) is 22.8 Å². The van der Waals surface area contributed by atoms with Gasteiger partial charge >= 0.3 is 0 Å². The van der Waals surface area contributed by atoms with E-state index in [1.165, 1.54) is 5.56 Å². The minimum Gasteiger partial charge on any atom is -0.382 e. The van der Waals surface area contributed by atoms with Gasteiger partial charge in [-0.15, -0.1) is 0 Å². The molecule has 3 aromatic rings. The van der Waals surface area contributed by atoms with Gasteiger partial charge in [0.2, 0.25) is 5.95 Å². The zero-order chi connectivity index (χ0) is 16.8. The summed E-state index contributed by atoms with van der Waals surface area (Å²) >= 11 is 0. The van der Waals surface area contributed by atoms with Crippen LogP contribution in [-0.4, -0.2) is 48.1 Å². The molecule has 24 heavy (non-hydrogen) atoms. The predicted octanol–water partition coefficient (Wildman–Crippen LogP) is 0.847. The number of hydrogen-bond donors (Lipinski definition) is 4. The Balaban J connectivity index is 1.53. The van der Waals surface area contributed by atoms with Gasteiger partial charge in [0.15, 0.2) is 11.5 Å². The first-order valence-corrected chi connectivity index (χ1v) is 8.02. The van der Waals surface area contributed by atoms with Gasteiger partial charge in [-0.25, -0.2) is 4.98 Å². The number of anilines is 2. The van der Waals surface area contributed by atoms with E-state index in [4.69, 9.17) is 11.5 Å². The lowest BCUT2D eigenvalue weighted by Crippen LogP contribution is -2.20. The average molecular weight is 327 g/mol. The summed E-state index contributed by atoms with van der Waals surface area (Å²) in [5.74, 6) is 1.72. The maximum atomic E-state index is 5.90. The molecule has 0 aliphatic carbocycles. The van der Waals surface area contributed by atoms with E-state index in [0.717, 1.165) is 43.3 Å². The molecule has 9 nitrogen and oxygen atoms in total. The van der Waals surface area contributed by atoms with Crippen molar-refractivity contribution in [2.45, 2.75) is 32.7 Å². The Labute approximate surface area is 138 Å². The van der Waals surface area contributed by atoms with Crippen LogP contribution in [-0.2, 0) is 6.54 Å². The number of fused-ring (bicyclic) bond motifs is 1. The fourth-order valence-corrected chi connectivity index (χ4v) is 3.38. The molecule has 1 fully saturated rings. The van der Waals surface area contributed by atoms with Crippen molar-refractivity contribution in [1.82, 2.24) is 35.0 Å². The molecule has 9 heteroatoms. The van der Waals surface area contributed by atoms with Crippen molar-refractivity contribution in [1.29, 1.82) is 0 Å². The molecule has 6 N–H and O–H groups in total. The number of aromatic amines is 2. The molecular formula is C15H21N9. The molecule has 1 saturated heterocycles. The smallest absolute Gasteiger partial charge is 0.224 e. The summed E-state index contributed by atoms with van der Waals surface area (Å²) in [4.78, 5) is 18.4. The summed E-state index contributed by atoms with van der Waals surface area (Å²) in [5, 5.41) is 7.32. The number of hydrogen-bond acceptors (Lipinski definition) is 7. The third-order valence-corrected chi connectivity index (χ3v) is 4.74. The maximum absolute atomic E-state index is 5.90. The summed E-state index contributed by atoms with van der Waals surface area (Å²) in [6.07, 6.45) is 1.04. The first-order valence-electron chi connectivity index (χ1n) is 8.02. The normalized spacial score (nSPS) is 18.7. The van der Waals surface area contributed by atoms with Crippen molar-refractivity contribution in [3.63, 3.8) is 0 Å². The van der Waals surface area contributed by atoms with Crippen LogP contribution in [0, 0.1) is 13.8 Å². The number of aryl methyl sites for hydroxylation is 2. The van der Waals surface area contributed by atoms with Crippen molar-refractivity contribution in [2.75, 3.05) is 24.6 Å². The molecule has 0 saturated carbocycles. The SMILES string of the molecule is Cc1n[nH]c(C)c1CN1CCC(c2nc3nc(N)nc(N)c3[nH]2)C1. The minimum absolute atomic E-state index is 0.150. The van der Waals surface area contributed by atoms with E-state index in [-0.39, 0.29) is 5.95 Å². The van der Waals surface area contributed by atoms with Crippen LogP contribution in [0.2, 0.25) is 0 Å². The monoisotopic (exact) mass is 327 g/mol. The minimum atomic E-state index is 0.150. The molecule has 0 bridgehead atoms. The molecule has 1 aliphatic heterocycles. The molecule has 0 radical (unpaired) electrons. The third kappa shape index (κ3) is 2.46. The van der Waals surface area contributed by atoms with Gasteiger partial charge in [-0.1, -0.05) is 0 Å². The van der Waals surface area contributed by atoms with Crippen LogP contribution in [0.1, 0.15) is 35.1 Å². The number of likely N-dealkylation sites (tertiary alicyclic amines) is 1. The van der Waals surface area contributed by atoms with Gasteiger partial charge in [-0.2, -0.15) is 15.1 Å². The van der Waals surface area contributed by atoms with Gasteiger partial charge in [0.05, 0.1) is 5.69 Å². The van der Waals surface area contributed by atoms with Crippen LogP contribution >= 0.6 is 0 Å². The molecule has 4 rings (SSSR count). The molecule has 1 aliphatic rings. The number of nitrogens with zero attached hydrogens (tertiary/aromatic N) is 5. The highest BCUT2D eigenvalue weighted by molar-refractivity contribution is 5.82. The van der Waals surface area contributed by atoms with E-state index in [0.29, 0.717) is 22.9 Å². The zero-order valence-electron chi connectivity index (χ0n) is 13.8. The molecule has 0 amide bonds. The molecule has 126 valence electrons. The Morgan fingerprint density at radius 2 is 2.04 bits per heavy atom. The maximum Gasteiger partial charge on any atom is 0.224 e. The highest BCUT2D eigenvalue weighted by Gasteiger charge is 2.28. The van der Waals surface area contributed by atoms with E-state index in [1.54, 1.807) is 0 Å². The Morgan fingerprint density at radius 1 is 1.21 bits per heavy atom. The fourth-order valence-electron chi connectivity index (χ4n) is 3.38. The van der Waals surface area contributed by atoms with E-state index in [1.807, 2.05) is 6.92 Å². The van der Waals surface area contributed by atoms with Gasteiger partial charge in [-0.3, -0.25) is 10.00 Å². The molecule has 4 heterocycles. The number of imidazole rings is 1. The number of H-pyrrole nitrogens is 2. The topological polar surface area (TPSA) is 138 Å². The zero-order valence-corrected chi connectivity index (χ0v) is 13.8. The van der Waals surface area contributed by atoms with Gasteiger partial charge in [0.1, 0.15) is 11.3 Å². The summed E-state index contributed by atoms with van der Waals surface area (Å²) in [6, 6.07) is 0. The van der Waals surface area contributed by atoms with Gasteiger partial charge < -0.3 is 16.5 Å². The van der Waals surface area contributed by atoms with E-state index in [2.05, 4.69) is 42.0 Å².